The summed E-state index contributed by atoms with van der Waals surface area (Å²) in [4.78, 5) is 26.8. The third-order valence-electron chi connectivity index (χ3n) is 5.03. The van der Waals surface area contributed by atoms with Crippen molar-refractivity contribution < 1.29 is 18.0 Å². The van der Waals surface area contributed by atoms with Crippen molar-refractivity contribution >= 4 is 44.0 Å². The van der Waals surface area contributed by atoms with Gasteiger partial charge in [0.2, 0.25) is 5.91 Å². The van der Waals surface area contributed by atoms with Gasteiger partial charge in [-0.2, -0.15) is 0 Å². The molecule has 0 unspecified atom stereocenters. The number of sulfonamides is 1. The number of hydrogen-bond donors (Lipinski definition) is 3. The predicted molar refractivity (Wildman–Crippen MR) is 112 cm³/mol. The fourth-order valence-electron chi connectivity index (χ4n) is 3.77. The van der Waals surface area contributed by atoms with Gasteiger partial charge in [-0.15, -0.1) is 0 Å². The van der Waals surface area contributed by atoms with Gasteiger partial charge in [0, 0.05) is 46.9 Å². The molecule has 3 aromatic rings. The maximum atomic E-state index is 13.0. The topological polar surface area (TPSA) is 108 Å². The van der Waals surface area contributed by atoms with Gasteiger partial charge in [0.25, 0.3) is 10.0 Å². The Labute approximate surface area is 168 Å². The summed E-state index contributed by atoms with van der Waals surface area (Å²) in [5.41, 5.74) is 3.77. The summed E-state index contributed by atoms with van der Waals surface area (Å²) in [6, 6.07) is 9.78. The molecule has 150 valence electrons. The van der Waals surface area contributed by atoms with E-state index in [9.17, 15) is 18.0 Å². The lowest BCUT2D eigenvalue weighted by atomic mass is 9.94. The SMILES string of the molecule is CC(=O)Nc1ccc(NS(=O)(=O)c2cc3[nH]c4c(c3cc2C)C(=O)CCC4)cc1. The molecule has 0 spiro atoms. The quantitative estimate of drug-likeness (QED) is 0.607. The number of aromatic nitrogens is 1. The highest BCUT2D eigenvalue weighted by Crippen LogP contribution is 2.32. The number of hydrogen-bond acceptors (Lipinski definition) is 4. The van der Waals surface area contributed by atoms with E-state index in [0.29, 0.717) is 34.4 Å². The third kappa shape index (κ3) is 3.63. The number of anilines is 2. The van der Waals surface area contributed by atoms with E-state index in [1.807, 2.05) is 0 Å². The number of carbonyl (C=O) groups excluding carboxylic acids is 2. The van der Waals surface area contributed by atoms with Crippen molar-refractivity contribution in [2.24, 2.45) is 0 Å². The third-order valence-corrected chi connectivity index (χ3v) is 6.55. The zero-order valence-electron chi connectivity index (χ0n) is 16.1. The summed E-state index contributed by atoms with van der Waals surface area (Å²) in [5, 5.41) is 3.41. The zero-order valence-corrected chi connectivity index (χ0v) is 16.9. The van der Waals surface area contributed by atoms with Crippen molar-refractivity contribution in [3.8, 4) is 0 Å². The van der Waals surface area contributed by atoms with E-state index < -0.39 is 10.0 Å². The first-order valence-corrected chi connectivity index (χ1v) is 10.8. The molecule has 8 heteroatoms. The van der Waals surface area contributed by atoms with Gasteiger partial charge in [0.15, 0.2) is 5.78 Å². The first kappa shape index (κ1) is 19.2. The van der Waals surface area contributed by atoms with Crippen LogP contribution in [0.3, 0.4) is 0 Å². The molecule has 29 heavy (non-hydrogen) atoms. The Morgan fingerprint density at radius 2 is 1.76 bits per heavy atom. The minimum Gasteiger partial charge on any atom is -0.358 e. The number of amides is 1. The molecule has 1 aliphatic rings. The van der Waals surface area contributed by atoms with Crippen LogP contribution < -0.4 is 10.0 Å². The van der Waals surface area contributed by atoms with Crippen LogP contribution in [-0.2, 0) is 21.2 Å². The number of aryl methyl sites for hydroxylation is 2. The second-order valence-electron chi connectivity index (χ2n) is 7.28. The summed E-state index contributed by atoms with van der Waals surface area (Å²) < 4.78 is 28.5. The minimum absolute atomic E-state index is 0.102. The molecule has 1 amide bonds. The Bertz CT molecular complexity index is 1240. The van der Waals surface area contributed by atoms with Gasteiger partial charge < -0.3 is 10.3 Å². The number of rotatable bonds is 4. The van der Waals surface area contributed by atoms with E-state index in [4.69, 9.17) is 0 Å². The average Bonchev–Trinajstić information content (AvgIpc) is 3.00. The number of aromatic amines is 1. The average molecular weight is 411 g/mol. The van der Waals surface area contributed by atoms with Gasteiger partial charge >= 0.3 is 0 Å². The summed E-state index contributed by atoms with van der Waals surface area (Å²) in [7, 11) is -3.83. The number of benzene rings is 2. The first-order valence-electron chi connectivity index (χ1n) is 9.33. The fourth-order valence-corrected chi connectivity index (χ4v) is 5.08. The van der Waals surface area contributed by atoms with Gasteiger partial charge in [-0.1, -0.05) is 0 Å². The summed E-state index contributed by atoms with van der Waals surface area (Å²) in [6.45, 7) is 3.13. The van der Waals surface area contributed by atoms with Crippen LogP contribution in [0.25, 0.3) is 10.9 Å². The van der Waals surface area contributed by atoms with Gasteiger partial charge in [0.05, 0.1) is 4.90 Å². The molecule has 1 aliphatic carbocycles. The fraction of sp³-hybridized carbons (Fsp3) is 0.238. The lowest BCUT2D eigenvalue weighted by Crippen LogP contribution is -2.14. The van der Waals surface area contributed by atoms with Gasteiger partial charge in [0.1, 0.15) is 0 Å². The van der Waals surface area contributed by atoms with Gasteiger partial charge in [-0.3, -0.25) is 14.3 Å². The number of fused-ring (bicyclic) bond motifs is 3. The summed E-state index contributed by atoms with van der Waals surface area (Å²) in [6.07, 6.45) is 2.11. The van der Waals surface area contributed by atoms with Crippen molar-refractivity contribution in [3.63, 3.8) is 0 Å². The highest BCUT2D eigenvalue weighted by Gasteiger charge is 2.25. The van der Waals surface area contributed by atoms with Crippen LogP contribution >= 0.6 is 0 Å². The van der Waals surface area contributed by atoms with Crippen LogP contribution in [0.5, 0.6) is 0 Å². The number of Topliss-reactive ketones (excluding diaryl/α,β-unsaturated/α-hetero) is 1. The predicted octanol–water partition coefficient (Wildman–Crippen LogP) is 3.75. The lowest BCUT2D eigenvalue weighted by molar-refractivity contribution is -0.114. The van der Waals surface area contributed by atoms with E-state index in [1.54, 1.807) is 43.3 Å². The second kappa shape index (κ2) is 7.04. The van der Waals surface area contributed by atoms with Crippen molar-refractivity contribution in [3.05, 3.63) is 53.2 Å². The zero-order chi connectivity index (χ0) is 20.8. The Morgan fingerprint density at radius 3 is 2.45 bits per heavy atom. The molecule has 0 saturated heterocycles. The maximum absolute atomic E-state index is 13.0. The molecule has 0 fully saturated rings. The molecule has 3 N–H and O–H groups in total. The van der Waals surface area contributed by atoms with Crippen molar-refractivity contribution in [1.29, 1.82) is 0 Å². The molecular formula is C21H21N3O4S. The first-order chi connectivity index (χ1) is 13.7. The molecule has 0 saturated carbocycles. The Kier molecular flexibility index (Phi) is 4.66. The molecule has 4 rings (SSSR count). The Balaban J connectivity index is 1.68. The van der Waals surface area contributed by atoms with E-state index in [1.165, 1.54) is 6.92 Å². The van der Waals surface area contributed by atoms with E-state index in [-0.39, 0.29) is 16.6 Å². The molecule has 1 aromatic heterocycles. The number of nitrogens with one attached hydrogen (secondary N) is 3. The van der Waals surface area contributed by atoms with Crippen molar-refractivity contribution in [2.45, 2.75) is 38.0 Å². The maximum Gasteiger partial charge on any atom is 0.262 e. The van der Waals surface area contributed by atoms with Crippen LogP contribution in [0.1, 0.15) is 41.4 Å². The molecule has 0 radical (unpaired) electrons. The highest BCUT2D eigenvalue weighted by atomic mass is 32.2. The van der Waals surface area contributed by atoms with Crippen LogP contribution in [0.15, 0.2) is 41.3 Å². The molecule has 7 nitrogen and oxygen atoms in total. The van der Waals surface area contributed by atoms with Gasteiger partial charge in [-0.05, 0) is 61.7 Å². The molecule has 2 aromatic carbocycles. The Hall–Kier alpha value is -3.13. The number of H-pyrrole nitrogens is 1. The Morgan fingerprint density at radius 1 is 1.07 bits per heavy atom. The van der Waals surface area contributed by atoms with Gasteiger partial charge in [-0.25, -0.2) is 8.42 Å². The largest absolute Gasteiger partial charge is 0.358 e. The van der Waals surface area contributed by atoms with Crippen LogP contribution in [0.2, 0.25) is 0 Å². The lowest BCUT2D eigenvalue weighted by Gasteiger charge is -2.12. The minimum atomic E-state index is -3.83. The number of carbonyl (C=O) groups is 2. The van der Waals surface area contributed by atoms with Crippen LogP contribution in [-0.4, -0.2) is 25.1 Å². The van der Waals surface area contributed by atoms with E-state index in [0.717, 1.165) is 23.9 Å². The molecule has 0 atom stereocenters. The van der Waals surface area contributed by atoms with E-state index in [2.05, 4.69) is 15.0 Å². The molecule has 0 bridgehead atoms. The normalized spacial score (nSPS) is 13.9. The monoisotopic (exact) mass is 411 g/mol. The summed E-state index contributed by atoms with van der Waals surface area (Å²) >= 11 is 0. The van der Waals surface area contributed by atoms with E-state index >= 15 is 0 Å². The van der Waals surface area contributed by atoms with Crippen LogP contribution in [0.4, 0.5) is 11.4 Å². The smallest absolute Gasteiger partial charge is 0.262 e. The number of ketones is 1. The second-order valence-corrected chi connectivity index (χ2v) is 8.93. The molecule has 0 aliphatic heterocycles. The molecule has 1 heterocycles. The highest BCUT2D eigenvalue weighted by molar-refractivity contribution is 7.92. The van der Waals surface area contributed by atoms with Crippen LogP contribution in [0, 0.1) is 6.92 Å². The summed E-state index contributed by atoms with van der Waals surface area (Å²) in [5.74, 6) is -0.0979. The standard InChI is InChI=1S/C21H21N3O4S/c1-12-10-16-18(23-17-4-3-5-19(26)21(16)17)11-20(12)29(27,28)24-15-8-6-14(7-9-15)22-13(2)25/h6-11,23-24H,3-5H2,1-2H3,(H,22,25). The molecular weight excluding hydrogens is 390 g/mol. The van der Waals surface area contributed by atoms with Crippen molar-refractivity contribution in [2.75, 3.05) is 10.0 Å². The van der Waals surface area contributed by atoms with Crippen molar-refractivity contribution in [1.82, 2.24) is 4.98 Å².